The molecular formula is C8H8F4N2O2S. The maximum atomic E-state index is 13.3. The second-order valence-corrected chi connectivity index (χ2v) is 5.37. The molecule has 0 aliphatic carbocycles. The van der Waals surface area contributed by atoms with E-state index in [-0.39, 0.29) is 0 Å². The molecule has 0 fully saturated rings. The summed E-state index contributed by atoms with van der Waals surface area (Å²) in [5.74, 6) is -8.37. The van der Waals surface area contributed by atoms with Crippen LogP contribution in [0.3, 0.4) is 0 Å². The van der Waals surface area contributed by atoms with E-state index in [9.17, 15) is 26.0 Å². The average molecular weight is 272 g/mol. The third-order valence-corrected chi connectivity index (χ3v) is 3.87. The van der Waals surface area contributed by atoms with Gasteiger partial charge in [0.2, 0.25) is 10.0 Å². The third-order valence-electron chi connectivity index (χ3n) is 2.00. The van der Waals surface area contributed by atoms with E-state index in [1.165, 1.54) is 0 Å². The first-order chi connectivity index (χ1) is 7.62. The molecule has 0 aliphatic rings. The molecule has 1 aromatic carbocycles. The predicted octanol–water partition coefficient (Wildman–Crippen LogP) is 1.08. The monoisotopic (exact) mass is 272 g/mol. The Labute approximate surface area is 94.7 Å². The molecule has 0 unspecified atom stereocenters. The lowest BCUT2D eigenvalue weighted by Gasteiger charge is -2.15. The fourth-order valence-electron chi connectivity index (χ4n) is 1.06. The number of rotatable bonds is 2. The Morgan fingerprint density at radius 1 is 0.941 bits per heavy atom. The van der Waals surface area contributed by atoms with E-state index in [0.717, 1.165) is 14.1 Å². The number of nitrogens with two attached hydrogens (primary N) is 1. The summed E-state index contributed by atoms with van der Waals surface area (Å²) >= 11 is 0. The van der Waals surface area contributed by atoms with Crippen LogP contribution >= 0.6 is 0 Å². The highest BCUT2D eigenvalue weighted by molar-refractivity contribution is 7.89. The van der Waals surface area contributed by atoms with Crippen molar-refractivity contribution in [3.8, 4) is 0 Å². The highest BCUT2D eigenvalue weighted by atomic mass is 32.2. The van der Waals surface area contributed by atoms with Gasteiger partial charge < -0.3 is 5.73 Å². The Morgan fingerprint density at radius 2 is 1.35 bits per heavy atom. The summed E-state index contributed by atoms with van der Waals surface area (Å²) in [6, 6.07) is 0. The van der Waals surface area contributed by atoms with Crippen LogP contribution in [0.5, 0.6) is 0 Å². The summed E-state index contributed by atoms with van der Waals surface area (Å²) < 4.78 is 75.5. The zero-order valence-corrected chi connectivity index (χ0v) is 9.58. The minimum absolute atomic E-state index is 0.499. The number of benzene rings is 1. The van der Waals surface area contributed by atoms with Gasteiger partial charge in [0.15, 0.2) is 23.3 Å². The maximum Gasteiger partial charge on any atom is 0.247 e. The molecule has 0 aliphatic heterocycles. The van der Waals surface area contributed by atoms with Gasteiger partial charge in [-0.2, -0.15) is 0 Å². The summed E-state index contributed by atoms with van der Waals surface area (Å²) in [6.45, 7) is 0. The number of hydrogen-bond acceptors (Lipinski definition) is 3. The molecular weight excluding hydrogens is 264 g/mol. The van der Waals surface area contributed by atoms with E-state index in [2.05, 4.69) is 0 Å². The van der Waals surface area contributed by atoms with Gasteiger partial charge in [0, 0.05) is 14.1 Å². The maximum absolute atomic E-state index is 13.3. The van der Waals surface area contributed by atoms with Crippen LogP contribution in [-0.2, 0) is 10.0 Å². The summed E-state index contributed by atoms with van der Waals surface area (Å²) in [5, 5.41) is 0. The molecule has 96 valence electrons. The van der Waals surface area contributed by atoms with Gasteiger partial charge in [0.05, 0.1) is 5.69 Å². The molecule has 0 bridgehead atoms. The van der Waals surface area contributed by atoms with E-state index in [0.29, 0.717) is 4.31 Å². The van der Waals surface area contributed by atoms with Gasteiger partial charge in [-0.05, 0) is 0 Å². The number of nitrogen functional groups attached to an aromatic ring is 1. The Balaban J connectivity index is 3.80. The van der Waals surface area contributed by atoms with Crippen LogP contribution in [-0.4, -0.2) is 26.8 Å². The molecule has 17 heavy (non-hydrogen) atoms. The molecule has 0 spiro atoms. The van der Waals surface area contributed by atoms with E-state index < -0.39 is 43.9 Å². The Kier molecular flexibility index (Phi) is 3.35. The van der Waals surface area contributed by atoms with Crippen molar-refractivity contribution in [2.24, 2.45) is 0 Å². The van der Waals surface area contributed by atoms with Crippen LogP contribution in [0.15, 0.2) is 4.90 Å². The number of hydrogen-bond donors (Lipinski definition) is 1. The second kappa shape index (κ2) is 4.15. The van der Waals surface area contributed by atoms with Crippen molar-refractivity contribution in [3.63, 3.8) is 0 Å². The standard InChI is InChI=1S/C8H8F4N2O2S/c1-14(2)17(15,16)8-6(12)4(10)3(9)5(11)7(8)13/h13H2,1-2H3. The molecule has 0 atom stereocenters. The van der Waals surface area contributed by atoms with Crippen molar-refractivity contribution >= 4 is 15.7 Å². The molecule has 1 rings (SSSR count). The number of halogens is 4. The highest BCUT2D eigenvalue weighted by Crippen LogP contribution is 2.30. The van der Waals surface area contributed by atoms with Crippen LogP contribution in [0, 0.1) is 23.3 Å². The lowest BCUT2D eigenvalue weighted by atomic mass is 10.2. The summed E-state index contributed by atoms with van der Waals surface area (Å²) in [5.41, 5.74) is 3.65. The van der Waals surface area contributed by atoms with Crippen molar-refractivity contribution in [1.82, 2.24) is 4.31 Å². The molecule has 0 aromatic heterocycles. The van der Waals surface area contributed by atoms with Crippen LogP contribution in [0.1, 0.15) is 0 Å². The fourth-order valence-corrected chi connectivity index (χ4v) is 2.11. The predicted molar refractivity (Wildman–Crippen MR) is 51.6 cm³/mol. The van der Waals surface area contributed by atoms with Crippen LogP contribution in [0.2, 0.25) is 0 Å². The molecule has 4 nitrogen and oxygen atoms in total. The molecule has 0 amide bonds. The topological polar surface area (TPSA) is 63.4 Å². The molecule has 0 saturated heterocycles. The molecule has 0 heterocycles. The minimum atomic E-state index is -4.51. The molecule has 9 heteroatoms. The number of sulfonamides is 1. The quantitative estimate of drug-likeness (QED) is 0.379. The molecule has 0 saturated carbocycles. The van der Waals surface area contributed by atoms with Gasteiger partial charge in [0.25, 0.3) is 0 Å². The van der Waals surface area contributed by atoms with Gasteiger partial charge in [0.1, 0.15) is 4.90 Å². The molecule has 0 radical (unpaired) electrons. The van der Waals surface area contributed by atoms with Crippen molar-refractivity contribution in [1.29, 1.82) is 0 Å². The zero-order chi connectivity index (χ0) is 13.5. The first-order valence-electron chi connectivity index (χ1n) is 4.16. The Morgan fingerprint density at radius 3 is 1.76 bits per heavy atom. The molecule has 1 aromatic rings. The highest BCUT2D eigenvalue weighted by Gasteiger charge is 2.32. The van der Waals surface area contributed by atoms with Crippen LogP contribution in [0.4, 0.5) is 23.2 Å². The molecule has 2 N–H and O–H groups in total. The third kappa shape index (κ3) is 1.95. The largest absolute Gasteiger partial charge is 0.395 e. The number of anilines is 1. The van der Waals surface area contributed by atoms with Crippen LogP contribution < -0.4 is 5.73 Å². The lowest BCUT2D eigenvalue weighted by molar-refractivity contribution is 0.396. The summed E-state index contributed by atoms with van der Waals surface area (Å²) in [4.78, 5) is -1.42. The van der Waals surface area contributed by atoms with Gasteiger partial charge >= 0.3 is 0 Å². The van der Waals surface area contributed by atoms with Crippen molar-refractivity contribution in [2.75, 3.05) is 19.8 Å². The lowest BCUT2D eigenvalue weighted by Crippen LogP contribution is -2.25. The van der Waals surface area contributed by atoms with E-state index in [1.54, 1.807) is 0 Å². The van der Waals surface area contributed by atoms with Gasteiger partial charge in [-0.15, -0.1) is 0 Å². The average Bonchev–Trinajstić information content (AvgIpc) is 2.23. The van der Waals surface area contributed by atoms with Gasteiger partial charge in [-0.25, -0.2) is 30.3 Å². The minimum Gasteiger partial charge on any atom is -0.395 e. The SMILES string of the molecule is CN(C)S(=O)(=O)c1c(N)c(F)c(F)c(F)c1F. The first-order valence-corrected chi connectivity index (χ1v) is 5.60. The second-order valence-electron chi connectivity index (χ2n) is 3.29. The van der Waals surface area contributed by atoms with Crippen LogP contribution in [0.25, 0.3) is 0 Å². The van der Waals surface area contributed by atoms with E-state index >= 15 is 0 Å². The van der Waals surface area contributed by atoms with Crippen molar-refractivity contribution < 1.29 is 26.0 Å². The number of nitrogens with zero attached hydrogens (tertiary/aromatic N) is 1. The Bertz CT molecular complexity index is 542. The Hall–Kier alpha value is -1.35. The zero-order valence-electron chi connectivity index (χ0n) is 8.76. The van der Waals surface area contributed by atoms with Gasteiger partial charge in [-0.3, -0.25) is 0 Å². The first kappa shape index (κ1) is 13.7. The van der Waals surface area contributed by atoms with Crippen molar-refractivity contribution in [2.45, 2.75) is 4.90 Å². The smallest absolute Gasteiger partial charge is 0.247 e. The summed E-state index contributed by atoms with van der Waals surface area (Å²) in [6.07, 6.45) is 0. The normalized spacial score (nSPS) is 12.2. The van der Waals surface area contributed by atoms with Crippen molar-refractivity contribution in [3.05, 3.63) is 23.3 Å². The van der Waals surface area contributed by atoms with Gasteiger partial charge in [-0.1, -0.05) is 0 Å². The van der Waals surface area contributed by atoms with E-state index in [4.69, 9.17) is 5.73 Å². The van der Waals surface area contributed by atoms with E-state index in [1.807, 2.05) is 0 Å². The summed E-state index contributed by atoms with van der Waals surface area (Å²) in [7, 11) is -2.50. The fraction of sp³-hybridized carbons (Fsp3) is 0.250.